The predicted molar refractivity (Wildman–Crippen MR) is 104 cm³/mol. The van der Waals surface area contributed by atoms with Gasteiger partial charge in [0.15, 0.2) is 11.5 Å². The minimum atomic E-state index is -0.760. The lowest BCUT2D eigenvalue weighted by Crippen LogP contribution is -2.30. The van der Waals surface area contributed by atoms with Gasteiger partial charge in [0, 0.05) is 6.54 Å². The SMILES string of the molecule is CC(=O)C1=C(O)C(=O)N(Cc2cccc3ccccc23)C1c1ccc(F)cc1. The molecule has 0 fully saturated rings. The van der Waals surface area contributed by atoms with Crippen molar-refractivity contribution in [3.8, 4) is 0 Å². The van der Waals surface area contributed by atoms with Gasteiger partial charge in [0.25, 0.3) is 5.91 Å². The summed E-state index contributed by atoms with van der Waals surface area (Å²) in [6, 6.07) is 18.5. The highest BCUT2D eigenvalue weighted by molar-refractivity contribution is 6.08. The first-order chi connectivity index (χ1) is 13.5. The van der Waals surface area contributed by atoms with Crippen LogP contribution in [0.15, 0.2) is 78.1 Å². The van der Waals surface area contributed by atoms with E-state index in [-0.39, 0.29) is 17.9 Å². The molecule has 0 aliphatic carbocycles. The summed E-state index contributed by atoms with van der Waals surface area (Å²) < 4.78 is 13.4. The molecule has 5 heteroatoms. The van der Waals surface area contributed by atoms with Gasteiger partial charge in [-0.15, -0.1) is 0 Å². The van der Waals surface area contributed by atoms with Crippen molar-refractivity contribution >= 4 is 22.5 Å². The van der Waals surface area contributed by atoms with Crippen LogP contribution in [-0.2, 0) is 16.1 Å². The molecule has 0 saturated heterocycles. The lowest BCUT2D eigenvalue weighted by molar-refractivity contribution is -0.130. The summed E-state index contributed by atoms with van der Waals surface area (Å²) in [5, 5.41) is 12.4. The number of ketones is 1. The van der Waals surface area contributed by atoms with Crippen LogP contribution in [-0.4, -0.2) is 21.7 Å². The summed E-state index contributed by atoms with van der Waals surface area (Å²) in [5.74, 6) is -1.94. The molecule has 3 aromatic rings. The Balaban J connectivity index is 1.81. The maximum Gasteiger partial charge on any atom is 0.290 e. The Hall–Kier alpha value is -3.47. The highest BCUT2D eigenvalue weighted by atomic mass is 19.1. The van der Waals surface area contributed by atoms with Crippen LogP contribution in [0.25, 0.3) is 10.8 Å². The second kappa shape index (κ2) is 6.93. The Morgan fingerprint density at radius 1 is 1.04 bits per heavy atom. The third-order valence-corrected chi connectivity index (χ3v) is 5.09. The first-order valence-electron chi connectivity index (χ1n) is 8.94. The van der Waals surface area contributed by atoms with Gasteiger partial charge in [-0.3, -0.25) is 9.59 Å². The maximum atomic E-state index is 13.4. The molecule has 1 amide bonds. The average Bonchev–Trinajstić information content (AvgIpc) is 2.94. The average molecular weight is 375 g/mol. The molecule has 1 aliphatic heterocycles. The number of aliphatic hydroxyl groups is 1. The van der Waals surface area contributed by atoms with Crippen molar-refractivity contribution in [1.29, 1.82) is 0 Å². The van der Waals surface area contributed by atoms with Crippen molar-refractivity contribution in [3.05, 3.63) is 95.0 Å². The van der Waals surface area contributed by atoms with Gasteiger partial charge in [0.1, 0.15) is 5.82 Å². The second-order valence-corrected chi connectivity index (χ2v) is 6.84. The molecule has 0 radical (unpaired) electrons. The summed E-state index contributed by atoms with van der Waals surface area (Å²) in [4.78, 5) is 26.5. The molecule has 1 unspecified atom stereocenters. The van der Waals surface area contributed by atoms with E-state index in [4.69, 9.17) is 0 Å². The number of amides is 1. The minimum Gasteiger partial charge on any atom is -0.503 e. The number of Topliss-reactive ketones (excluding diaryl/α,β-unsaturated/α-hetero) is 1. The van der Waals surface area contributed by atoms with Gasteiger partial charge in [-0.25, -0.2) is 4.39 Å². The molecule has 4 rings (SSSR count). The van der Waals surface area contributed by atoms with Crippen molar-refractivity contribution in [2.45, 2.75) is 19.5 Å². The van der Waals surface area contributed by atoms with E-state index < -0.39 is 23.5 Å². The molecule has 3 aromatic carbocycles. The fraction of sp³-hybridized carbons (Fsp3) is 0.130. The van der Waals surface area contributed by atoms with E-state index in [0.717, 1.165) is 16.3 Å². The predicted octanol–water partition coefficient (Wildman–Crippen LogP) is 4.46. The van der Waals surface area contributed by atoms with Crippen molar-refractivity contribution in [2.75, 3.05) is 0 Å². The molecule has 0 aromatic heterocycles. The van der Waals surface area contributed by atoms with Crippen molar-refractivity contribution in [2.24, 2.45) is 0 Å². The van der Waals surface area contributed by atoms with E-state index >= 15 is 0 Å². The van der Waals surface area contributed by atoms with E-state index in [1.165, 1.54) is 36.1 Å². The normalized spacial score (nSPS) is 16.9. The van der Waals surface area contributed by atoms with Crippen LogP contribution in [0, 0.1) is 5.82 Å². The number of aliphatic hydroxyl groups excluding tert-OH is 1. The largest absolute Gasteiger partial charge is 0.503 e. The van der Waals surface area contributed by atoms with Crippen molar-refractivity contribution in [1.82, 2.24) is 4.90 Å². The molecule has 1 heterocycles. The summed E-state index contributed by atoms with van der Waals surface area (Å²) in [6.45, 7) is 1.53. The van der Waals surface area contributed by atoms with E-state index in [1.54, 1.807) is 0 Å². The first-order valence-corrected chi connectivity index (χ1v) is 8.94. The van der Waals surface area contributed by atoms with E-state index in [9.17, 15) is 19.1 Å². The van der Waals surface area contributed by atoms with Crippen LogP contribution >= 0.6 is 0 Å². The number of carbonyl (C=O) groups excluding carboxylic acids is 2. The monoisotopic (exact) mass is 375 g/mol. The summed E-state index contributed by atoms with van der Waals surface area (Å²) in [6.07, 6.45) is 0. The smallest absolute Gasteiger partial charge is 0.290 e. The number of rotatable bonds is 4. The third-order valence-electron chi connectivity index (χ3n) is 5.09. The molecule has 1 N–H and O–H groups in total. The first kappa shape index (κ1) is 17.9. The van der Waals surface area contributed by atoms with Crippen molar-refractivity contribution in [3.63, 3.8) is 0 Å². The zero-order valence-electron chi connectivity index (χ0n) is 15.2. The molecule has 28 heavy (non-hydrogen) atoms. The number of nitrogens with zero attached hydrogens (tertiary/aromatic N) is 1. The molecule has 0 spiro atoms. The Bertz CT molecular complexity index is 1110. The number of carbonyl (C=O) groups is 2. The molecule has 0 bridgehead atoms. The molecular weight excluding hydrogens is 357 g/mol. The maximum absolute atomic E-state index is 13.4. The quantitative estimate of drug-likeness (QED) is 0.732. The number of benzene rings is 3. The zero-order valence-corrected chi connectivity index (χ0v) is 15.2. The lowest BCUT2D eigenvalue weighted by Gasteiger charge is -2.27. The zero-order chi connectivity index (χ0) is 19.8. The standard InChI is InChI=1S/C23H18FNO3/c1-14(26)20-21(16-9-11-18(24)12-10-16)25(23(28)22(20)27)13-17-7-4-6-15-5-2-3-8-19(15)17/h2-12,21,27H,13H2,1H3. The van der Waals surface area contributed by atoms with Crippen LogP contribution in [0.3, 0.4) is 0 Å². The highest BCUT2D eigenvalue weighted by Gasteiger charge is 2.42. The van der Waals surface area contributed by atoms with Gasteiger partial charge >= 0.3 is 0 Å². The molecular formula is C23H18FNO3. The number of hydrogen-bond donors (Lipinski definition) is 1. The fourth-order valence-corrected chi connectivity index (χ4v) is 3.78. The molecule has 0 saturated carbocycles. The van der Waals surface area contributed by atoms with E-state index in [2.05, 4.69) is 0 Å². The Morgan fingerprint density at radius 3 is 2.43 bits per heavy atom. The lowest BCUT2D eigenvalue weighted by atomic mass is 9.96. The van der Waals surface area contributed by atoms with Crippen LogP contribution in [0.5, 0.6) is 0 Å². The Labute approximate surface area is 161 Å². The molecule has 4 nitrogen and oxygen atoms in total. The fourth-order valence-electron chi connectivity index (χ4n) is 3.78. The van der Waals surface area contributed by atoms with Crippen LogP contribution in [0.2, 0.25) is 0 Å². The van der Waals surface area contributed by atoms with Gasteiger partial charge in [0.05, 0.1) is 11.6 Å². The summed E-state index contributed by atoms with van der Waals surface area (Å²) >= 11 is 0. The molecule has 1 atom stereocenters. The van der Waals surface area contributed by atoms with Crippen LogP contribution < -0.4 is 0 Å². The molecule has 1 aliphatic rings. The van der Waals surface area contributed by atoms with Gasteiger partial charge < -0.3 is 10.0 Å². The highest BCUT2D eigenvalue weighted by Crippen LogP contribution is 2.39. The van der Waals surface area contributed by atoms with E-state index in [1.807, 2.05) is 42.5 Å². The third kappa shape index (κ3) is 2.95. The minimum absolute atomic E-state index is 0.0387. The van der Waals surface area contributed by atoms with E-state index in [0.29, 0.717) is 5.56 Å². The van der Waals surface area contributed by atoms with Gasteiger partial charge in [-0.05, 0) is 41.0 Å². The van der Waals surface area contributed by atoms with Crippen LogP contribution in [0.4, 0.5) is 4.39 Å². The van der Waals surface area contributed by atoms with Gasteiger partial charge in [0.2, 0.25) is 0 Å². The summed E-state index contributed by atoms with van der Waals surface area (Å²) in [5.41, 5.74) is 1.51. The number of halogens is 1. The number of hydrogen-bond acceptors (Lipinski definition) is 3. The Morgan fingerprint density at radius 2 is 1.71 bits per heavy atom. The Kier molecular flexibility index (Phi) is 4.43. The second-order valence-electron chi connectivity index (χ2n) is 6.84. The van der Waals surface area contributed by atoms with Gasteiger partial charge in [-0.1, -0.05) is 54.6 Å². The molecule has 140 valence electrons. The van der Waals surface area contributed by atoms with Crippen molar-refractivity contribution < 1.29 is 19.1 Å². The van der Waals surface area contributed by atoms with Gasteiger partial charge in [-0.2, -0.15) is 0 Å². The summed E-state index contributed by atoms with van der Waals surface area (Å²) in [7, 11) is 0. The number of fused-ring (bicyclic) bond motifs is 1. The van der Waals surface area contributed by atoms with Crippen LogP contribution in [0.1, 0.15) is 24.1 Å². The topological polar surface area (TPSA) is 57.6 Å².